The maximum absolute atomic E-state index is 11.9. The third-order valence-corrected chi connectivity index (χ3v) is 3.60. The summed E-state index contributed by atoms with van der Waals surface area (Å²) in [6.07, 6.45) is 0. The lowest BCUT2D eigenvalue weighted by molar-refractivity contribution is -0.121. The fourth-order valence-electron chi connectivity index (χ4n) is 2.55. The smallest absolute Gasteiger partial charge is 0.265 e. The number of hydrogen-bond donors (Lipinski definition) is 1. The van der Waals surface area contributed by atoms with Crippen LogP contribution in [0.4, 0.5) is 11.4 Å². The van der Waals surface area contributed by atoms with Gasteiger partial charge in [0.05, 0.1) is 11.8 Å². The van der Waals surface area contributed by atoms with Gasteiger partial charge < -0.3 is 15.0 Å². The van der Waals surface area contributed by atoms with Crippen molar-refractivity contribution in [2.45, 2.75) is 0 Å². The number of fused-ring (bicyclic) bond motifs is 1. The van der Waals surface area contributed by atoms with Crippen LogP contribution < -0.4 is 19.9 Å². The van der Waals surface area contributed by atoms with Gasteiger partial charge in [0.25, 0.3) is 5.91 Å². The van der Waals surface area contributed by atoms with E-state index in [1.165, 1.54) is 4.90 Å². The van der Waals surface area contributed by atoms with Gasteiger partial charge in [-0.2, -0.15) is 5.26 Å². The lowest BCUT2D eigenvalue weighted by Crippen LogP contribution is -2.44. The van der Waals surface area contributed by atoms with Crippen LogP contribution in [0.25, 0.3) is 0 Å². The number of hydrogen-bond acceptors (Lipinski definition) is 5. The number of nitrogens with zero attached hydrogens (tertiary/aromatic N) is 3. The largest absolute Gasteiger partial charge is 0.482 e. The average Bonchev–Trinajstić information content (AvgIpc) is 2.51. The van der Waals surface area contributed by atoms with Crippen LogP contribution >= 0.6 is 0 Å². The fourth-order valence-corrected chi connectivity index (χ4v) is 2.55. The second-order valence-corrected chi connectivity index (χ2v) is 4.82. The summed E-state index contributed by atoms with van der Waals surface area (Å²) in [7, 11) is 0. The zero-order valence-electron chi connectivity index (χ0n) is 11.1. The molecule has 0 spiro atoms. The average molecular weight is 272 g/mol. The summed E-state index contributed by atoms with van der Waals surface area (Å²) in [5.74, 6) is 0.496. The minimum atomic E-state index is -0.170. The number of carbonyl (C=O) groups excluding carboxylic acids is 1. The lowest BCUT2D eigenvalue weighted by Gasteiger charge is -2.32. The molecule has 1 N–H and O–H groups in total. The van der Waals surface area contributed by atoms with E-state index < -0.39 is 0 Å². The van der Waals surface area contributed by atoms with Gasteiger partial charge in [-0.1, -0.05) is 0 Å². The van der Waals surface area contributed by atoms with Crippen molar-refractivity contribution in [2.75, 3.05) is 49.1 Å². The van der Waals surface area contributed by atoms with Gasteiger partial charge in [-0.05, 0) is 18.2 Å². The minimum Gasteiger partial charge on any atom is -0.482 e. The molecule has 0 radical (unpaired) electrons. The van der Waals surface area contributed by atoms with Crippen LogP contribution in [0.5, 0.6) is 5.75 Å². The molecule has 1 amide bonds. The number of carbonyl (C=O) groups is 1. The van der Waals surface area contributed by atoms with E-state index >= 15 is 0 Å². The summed E-state index contributed by atoms with van der Waals surface area (Å²) in [5.41, 5.74) is 1.75. The molecular weight excluding hydrogens is 256 g/mol. The van der Waals surface area contributed by atoms with E-state index in [2.05, 4.69) is 10.2 Å². The van der Waals surface area contributed by atoms with E-state index in [1.54, 1.807) is 0 Å². The molecule has 0 bridgehead atoms. The molecule has 0 aliphatic carbocycles. The van der Waals surface area contributed by atoms with Crippen LogP contribution in [0.15, 0.2) is 18.2 Å². The Bertz CT molecular complexity index is 561. The summed E-state index contributed by atoms with van der Waals surface area (Å²) in [5, 5.41) is 12.2. The van der Waals surface area contributed by atoms with Gasteiger partial charge in [-0.3, -0.25) is 9.69 Å². The summed E-state index contributed by atoms with van der Waals surface area (Å²) in [6.45, 7) is 3.84. The van der Waals surface area contributed by atoms with Crippen molar-refractivity contribution in [2.24, 2.45) is 0 Å². The number of nitrogens with one attached hydrogen (secondary N) is 1. The second kappa shape index (κ2) is 5.39. The van der Waals surface area contributed by atoms with Crippen molar-refractivity contribution >= 4 is 17.3 Å². The summed E-state index contributed by atoms with van der Waals surface area (Å²) in [4.78, 5) is 15.6. The highest BCUT2D eigenvalue weighted by atomic mass is 16.5. The molecule has 0 aromatic heterocycles. The van der Waals surface area contributed by atoms with Crippen LogP contribution in [0, 0.1) is 11.3 Å². The number of rotatable bonds is 2. The second-order valence-electron chi connectivity index (χ2n) is 4.82. The van der Waals surface area contributed by atoms with Gasteiger partial charge in [-0.25, -0.2) is 0 Å². The first-order chi connectivity index (χ1) is 9.79. The topological polar surface area (TPSA) is 68.6 Å². The molecule has 2 aliphatic rings. The maximum Gasteiger partial charge on any atom is 0.265 e. The van der Waals surface area contributed by atoms with Crippen LogP contribution in [-0.2, 0) is 4.79 Å². The summed E-state index contributed by atoms with van der Waals surface area (Å²) >= 11 is 0. The Kier molecular flexibility index (Phi) is 3.44. The quantitative estimate of drug-likeness (QED) is 0.787. The molecule has 1 saturated heterocycles. The predicted molar refractivity (Wildman–Crippen MR) is 75.0 cm³/mol. The SMILES string of the molecule is N#CCN1C(=O)COc2ccc(N3CCNCC3)cc21. The first kappa shape index (κ1) is 12.8. The van der Waals surface area contributed by atoms with E-state index in [9.17, 15) is 4.79 Å². The van der Waals surface area contributed by atoms with Crippen LogP contribution in [0.2, 0.25) is 0 Å². The van der Waals surface area contributed by atoms with Crippen molar-refractivity contribution in [1.82, 2.24) is 5.32 Å². The van der Waals surface area contributed by atoms with Gasteiger partial charge in [0.1, 0.15) is 12.3 Å². The third kappa shape index (κ3) is 2.28. The highest BCUT2D eigenvalue weighted by Crippen LogP contribution is 2.35. The van der Waals surface area contributed by atoms with E-state index in [4.69, 9.17) is 10.00 Å². The van der Waals surface area contributed by atoms with Crippen molar-refractivity contribution in [3.05, 3.63) is 18.2 Å². The Hall–Kier alpha value is -2.26. The van der Waals surface area contributed by atoms with Crippen LogP contribution in [0.1, 0.15) is 0 Å². The highest BCUT2D eigenvalue weighted by molar-refractivity contribution is 5.98. The molecule has 1 fully saturated rings. The molecule has 3 rings (SSSR count). The van der Waals surface area contributed by atoms with E-state index in [0.29, 0.717) is 11.4 Å². The number of amides is 1. The number of ether oxygens (including phenoxy) is 1. The van der Waals surface area contributed by atoms with Crippen molar-refractivity contribution < 1.29 is 9.53 Å². The Morgan fingerprint density at radius 2 is 2.15 bits per heavy atom. The molecule has 1 aromatic carbocycles. The molecule has 104 valence electrons. The van der Waals surface area contributed by atoms with Crippen molar-refractivity contribution in [3.63, 3.8) is 0 Å². The first-order valence-electron chi connectivity index (χ1n) is 6.69. The van der Waals surface area contributed by atoms with E-state index in [-0.39, 0.29) is 19.1 Å². The molecule has 1 aromatic rings. The van der Waals surface area contributed by atoms with Crippen molar-refractivity contribution in [3.8, 4) is 11.8 Å². The molecule has 0 saturated carbocycles. The number of piperazine rings is 1. The molecular formula is C14H16N4O2. The van der Waals surface area contributed by atoms with Gasteiger partial charge >= 0.3 is 0 Å². The lowest BCUT2D eigenvalue weighted by atomic mass is 10.2. The molecule has 0 unspecified atom stereocenters. The number of benzene rings is 1. The van der Waals surface area contributed by atoms with Gasteiger partial charge in [0, 0.05) is 31.9 Å². The molecule has 0 atom stereocenters. The Morgan fingerprint density at radius 3 is 2.90 bits per heavy atom. The van der Waals surface area contributed by atoms with Crippen molar-refractivity contribution in [1.29, 1.82) is 5.26 Å². The van der Waals surface area contributed by atoms with E-state index in [0.717, 1.165) is 31.9 Å². The Morgan fingerprint density at radius 1 is 1.35 bits per heavy atom. The zero-order valence-corrected chi connectivity index (χ0v) is 11.1. The highest BCUT2D eigenvalue weighted by Gasteiger charge is 2.26. The summed E-state index contributed by atoms with van der Waals surface area (Å²) < 4.78 is 5.42. The van der Waals surface area contributed by atoms with Gasteiger partial charge in [0.15, 0.2) is 6.61 Å². The molecule has 2 aliphatic heterocycles. The normalized spacial score (nSPS) is 18.2. The zero-order chi connectivity index (χ0) is 13.9. The third-order valence-electron chi connectivity index (χ3n) is 3.60. The monoisotopic (exact) mass is 272 g/mol. The van der Waals surface area contributed by atoms with Gasteiger partial charge in [-0.15, -0.1) is 0 Å². The molecule has 6 nitrogen and oxygen atoms in total. The standard InChI is InChI=1S/C14H16N4O2/c15-3-6-18-12-9-11(17-7-4-16-5-8-17)1-2-13(12)20-10-14(18)19/h1-2,9,16H,4-8,10H2. The molecule has 20 heavy (non-hydrogen) atoms. The van der Waals surface area contributed by atoms with Gasteiger partial charge in [0.2, 0.25) is 0 Å². The van der Waals surface area contributed by atoms with Crippen LogP contribution in [0.3, 0.4) is 0 Å². The molecule has 2 heterocycles. The molecule has 6 heteroatoms. The minimum absolute atomic E-state index is 0.00165. The fraction of sp³-hybridized carbons (Fsp3) is 0.429. The Balaban J connectivity index is 1.93. The van der Waals surface area contributed by atoms with Crippen LogP contribution in [-0.4, -0.2) is 45.2 Å². The number of nitriles is 1. The Labute approximate surface area is 117 Å². The summed E-state index contributed by atoms with van der Waals surface area (Å²) in [6, 6.07) is 7.86. The maximum atomic E-state index is 11.9. The predicted octanol–water partition coefficient (Wildman–Crippen LogP) is 0.345. The first-order valence-corrected chi connectivity index (χ1v) is 6.69. The van der Waals surface area contributed by atoms with E-state index in [1.807, 2.05) is 24.3 Å². The number of anilines is 2.